The third-order valence-electron chi connectivity index (χ3n) is 2.53. The highest BCUT2D eigenvalue weighted by Crippen LogP contribution is 2.22. The van der Waals surface area contributed by atoms with Crippen molar-refractivity contribution in [3.63, 3.8) is 0 Å². The number of nitrogens with zero attached hydrogens (tertiary/aromatic N) is 2. The first-order valence-corrected chi connectivity index (χ1v) is 4.99. The minimum absolute atomic E-state index is 0.536. The van der Waals surface area contributed by atoms with E-state index in [0.29, 0.717) is 5.82 Å². The van der Waals surface area contributed by atoms with Gasteiger partial charge >= 0.3 is 0 Å². The maximum atomic E-state index is 5.66. The lowest BCUT2D eigenvalue weighted by Gasteiger charge is -2.01. The van der Waals surface area contributed by atoms with Gasteiger partial charge in [0.1, 0.15) is 5.82 Å². The fraction of sp³-hybridized carbons (Fsp3) is 0. The van der Waals surface area contributed by atoms with Crippen LogP contribution in [-0.4, -0.2) is 15.2 Å². The largest absolute Gasteiger partial charge is 0.384 e. The lowest BCUT2D eigenvalue weighted by molar-refractivity contribution is 1.10. The first-order chi connectivity index (χ1) is 7.83. The maximum Gasteiger partial charge on any atom is 0.124 e. The molecule has 16 heavy (non-hydrogen) atoms. The number of hydrogen-bond acceptors (Lipinski definition) is 3. The molecule has 0 saturated heterocycles. The van der Waals surface area contributed by atoms with E-state index in [1.807, 2.05) is 30.3 Å². The predicted molar refractivity (Wildman–Crippen MR) is 63.7 cm³/mol. The number of benzene rings is 1. The van der Waals surface area contributed by atoms with Crippen molar-refractivity contribution in [3.8, 4) is 11.3 Å². The minimum atomic E-state index is 0.536. The van der Waals surface area contributed by atoms with Gasteiger partial charge in [0.2, 0.25) is 0 Å². The fourth-order valence-corrected chi connectivity index (χ4v) is 1.72. The summed E-state index contributed by atoms with van der Waals surface area (Å²) in [5, 5.41) is 7.93. The highest BCUT2D eigenvalue weighted by atomic mass is 15.1. The van der Waals surface area contributed by atoms with Gasteiger partial charge in [-0.25, -0.2) is 4.98 Å². The summed E-state index contributed by atoms with van der Waals surface area (Å²) >= 11 is 0. The van der Waals surface area contributed by atoms with Crippen molar-refractivity contribution in [2.75, 3.05) is 5.73 Å². The van der Waals surface area contributed by atoms with E-state index >= 15 is 0 Å². The molecule has 0 spiro atoms. The quantitative estimate of drug-likeness (QED) is 0.647. The SMILES string of the molecule is Nc1ccc2ccc(-c3ccn[nH]3)cc2n1. The maximum absolute atomic E-state index is 5.66. The Morgan fingerprint density at radius 3 is 2.75 bits per heavy atom. The number of hydrogen-bond donors (Lipinski definition) is 2. The molecule has 3 rings (SSSR count). The van der Waals surface area contributed by atoms with Gasteiger partial charge in [0, 0.05) is 17.1 Å². The van der Waals surface area contributed by atoms with Crippen molar-refractivity contribution >= 4 is 16.7 Å². The van der Waals surface area contributed by atoms with Gasteiger partial charge in [-0.2, -0.15) is 5.10 Å². The second-order valence-corrected chi connectivity index (χ2v) is 3.61. The number of anilines is 1. The van der Waals surface area contributed by atoms with Gasteiger partial charge in [0.15, 0.2) is 0 Å². The minimum Gasteiger partial charge on any atom is -0.384 e. The number of aromatic amines is 1. The fourth-order valence-electron chi connectivity index (χ4n) is 1.72. The molecule has 3 N–H and O–H groups in total. The summed E-state index contributed by atoms with van der Waals surface area (Å²) in [7, 11) is 0. The van der Waals surface area contributed by atoms with Gasteiger partial charge in [-0.3, -0.25) is 5.10 Å². The van der Waals surface area contributed by atoms with Crippen molar-refractivity contribution in [3.05, 3.63) is 42.6 Å². The Balaban J connectivity index is 2.22. The molecular formula is C12H10N4. The van der Waals surface area contributed by atoms with E-state index in [4.69, 9.17) is 5.73 Å². The highest BCUT2D eigenvalue weighted by Gasteiger charge is 2.01. The van der Waals surface area contributed by atoms with E-state index in [0.717, 1.165) is 22.2 Å². The number of fused-ring (bicyclic) bond motifs is 1. The van der Waals surface area contributed by atoms with Gasteiger partial charge in [-0.1, -0.05) is 12.1 Å². The lowest BCUT2D eigenvalue weighted by Crippen LogP contribution is -1.90. The van der Waals surface area contributed by atoms with Crippen molar-refractivity contribution in [1.29, 1.82) is 0 Å². The van der Waals surface area contributed by atoms with Crippen LogP contribution in [0.25, 0.3) is 22.2 Å². The van der Waals surface area contributed by atoms with Crippen LogP contribution < -0.4 is 5.73 Å². The molecule has 0 fully saturated rings. The molecule has 0 atom stereocenters. The van der Waals surface area contributed by atoms with Crippen LogP contribution in [0.4, 0.5) is 5.82 Å². The third-order valence-corrected chi connectivity index (χ3v) is 2.53. The normalized spacial score (nSPS) is 10.8. The van der Waals surface area contributed by atoms with Crippen molar-refractivity contribution in [2.45, 2.75) is 0 Å². The summed E-state index contributed by atoms with van der Waals surface area (Å²) in [5.41, 5.74) is 8.59. The zero-order valence-electron chi connectivity index (χ0n) is 8.51. The number of H-pyrrole nitrogens is 1. The van der Waals surface area contributed by atoms with Crippen LogP contribution in [0.3, 0.4) is 0 Å². The molecule has 0 amide bonds. The Hall–Kier alpha value is -2.36. The van der Waals surface area contributed by atoms with Gasteiger partial charge < -0.3 is 5.73 Å². The van der Waals surface area contributed by atoms with E-state index < -0.39 is 0 Å². The zero-order chi connectivity index (χ0) is 11.0. The summed E-state index contributed by atoms with van der Waals surface area (Å²) in [6.07, 6.45) is 1.73. The molecule has 0 aliphatic carbocycles. The molecule has 0 unspecified atom stereocenters. The second kappa shape index (κ2) is 3.34. The van der Waals surface area contributed by atoms with Gasteiger partial charge in [-0.05, 0) is 24.3 Å². The Bertz CT molecular complexity index is 629. The van der Waals surface area contributed by atoms with Crippen molar-refractivity contribution in [1.82, 2.24) is 15.2 Å². The zero-order valence-corrected chi connectivity index (χ0v) is 8.51. The molecule has 4 heteroatoms. The van der Waals surface area contributed by atoms with E-state index in [1.165, 1.54) is 0 Å². The van der Waals surface area contributed by atoms with Crippen LogP contribution in [-0.2, 0) is 0 Å². The first-order valence-electron chi connectivity index (χ1n) is 4.99. The summed E-state index contributed by atoms with van der Waals surface area (Å²) in [6, 6.07) is 11.8. The summed E-state index contributed by atoms with van der Waals surface area (Å²) in [4.78, 5) is 4.29. The third kappa shape index (κ3) is 1.40. The second-order valence-electron chi connectivity index (χ2n) is 3.61. The summed E-state index contributed by atoms with van der Waals surface area (Å²) < 4.78 is 0. The van der Waals surface area contributed by atoms with Crippen LogP contribution in [0.15, 0.2) is 42.6 Å². The van der Waals surface area contributed by atoms with Crippen molar-refractivity contribution < 1.29 is 0 Å². The average molecular weight is 210 g/mol. The molecule has 78 valence electrons. The van der Waals surface area contributed by atoms with Crippen LogP contribution in [0.1, 0.15) is 0 Å². The Labute approximate surface area is 92.1 Å². The monoisotopic (exact) mass is 210 g/mol. The van der Waals surface area contributed by atoms with Crippen LogP contribution >= 0.6 is 0 Å². The number of nitrogens with two attached hydrogens (primary N) is 1. The molecule has 4 nitrogen and oxygen atoms in total. The molecule has 3 aromatic rings. The summed E-state index contributed by atoms with van der Waals surface area (Å²) in [5.74, 6) is 0.536. The van der Waals surface area contributed by atoms with Gasteiger partial charge in [0.05, 0.1) is 11.2 Å². The van der Waals surface area contributed by atoms with Crippen LogP contribution in [0, 0.1) is 0 Å². The molecule has 0 radical (unpaired) electrons. The van der Waals surface area contributed by atoms with E-state index in [1.54, 1.807) is 12.3 Å². The topological polar surface area (TPSA) is 67.6 Å². The molecule has 0 aliphatic heterocycles. The highest BCUT2D eigenvalue weighted by molar-refractivity contribution is 5.84. The molecule has 1 aromatic carbocycles. The van der Waals surface area contributed by atoms with Crippen LogP contribution in [0.2, 0.25) is 0 Å². The molecule has 0 saturated carbocycles. The Kier molecular flexibility index (Phi) is 1.86. The van der Waals surface area contributed by atoms with Gasteiger partial charge in [-0.15, -0.1) is 0 Å². The van der Waals surface area contributed by atoms with E-state index in [9.17, 15) is 0 Å². The molecule has 2 aromatic heterocycles. The molecular weight excluding hydrogens is 200 g/mol. The smallest absolute Gasteiger partial charge is 0.124 e. The average Bonchev–Trinajstić information content (AvgIpc) is 2.81. The van der Waals surface area contributed by atoms with Crippen molar-refractivity contribution in [2.24, 2.45) is 0 Å². The number of pyridine rings is 1. The van der Waals surface area contributed by atoms with E-state index in [2.05, 4.69) is 15.2 Å². The standard InChI is InChI=1S/C12H10N4/c13-12-4-3-8-1-2-9(7-11(8)15-12)10-5-6-14-16-10/h1-7H,(H2,13,15)(H,14,16). The molecule has 0 bridgehead atoms. The number of rotatable bonds is 1. The summed E-state index contributed by atoms with van der Waals surface area (Å²) in [6.45, 7) is 0. The Morgan fingerprint density at radius 2 is 1.94 bits per heavy atom. The number of nitrogen functional groups attached to an aromatic ring is 1. The molecule has 0 aliphatic rings. The predicted octanol–water partition coefficient (Wildman–Crippen LogP) is 2.21. The number of nitrogens with one attached hydrogen (secondary N) is 1. The Morgan fingerprint density at radius 1 is 1.06 bits per heavy atom. The first kappa shape index (κ1) is 8.91. The number of aromatic nitrogens is 3. The van der Waals surface area contributed by atoms with Crippen LogP contribution in [0.5, 0.6) is 0 Å². The van der Waals surface area contributed by atoms with Gasteiger partial charge in [0.25, 0.3) is 0 Å². The molecule has 2 heterocycles. The lowest BCUT2D eigenvalue weighted by atomic mass is 10.1. The van der Waals surface area contributed by atoms with E-state index in [-0.39, 0.29) is 0 Å².